The topological polar surface area (TPSA) is 55.6 Å². The van der Waals surface area contributed by atoms with E-state index in [0.717, 1.165) is 17.9 Å². The van der Waals surface area contributed by atoms with Crippen LogP contribution in [-0.4, -0.2) is 35.2 Å². The molecule has 116 valence electrons. The number of para-hydroxylation sites is 1. The maximum atomic E-state index is 12.4. The summed E-state index contributed by atoms with van der Waals surface area (Å²) < 4.78 is 11.1. The number of hydrogen-bond acceptors (Lipinski definition) is 4. The Balaban J connectivity index is 1.60. The normalized spacial score (nSPS) is 18.0. The third kappa shape index (κ3) is 3.13. The van der Waals surface area contributed by atoms with Crippen molar-refractivity contribution < 1.29 is 14.1 Å². The minimum atomic E-state index is -0.0881. The number of amides is 1. The largest absolute Gasteiger partial charge is 0.489 e. The maximum Gasteiger partial charge on any atom is 0.276 e. The van der Waals surface area contributed by atoms with Gasteiger partial charge in [0.15, 0.2) is 5.69 Å². The third-order valence-corrected chi connectivity index (χ3v) is 3.79. The van der Waals surface area contributed by atoms with E-state index in [0.29, 0.717) is 18.8 Å². The lowest BCUT2D eigenvalue weighted by atomic mass is 10.1. The summed E-state index contributed by atoms with van der Waals surface area (Å²) in [6.45, 7) is 5.28. The van der Waals surface area contributed by atoms with Crippen molar-refractivity contribution >= 4 is 5.91 Å². The van der Waals surface area contributed by atoms with Crippen molar-refractivity contribution in [3.05, 3.63) is 47.9 Å². The zero-order valence-corrected chi connectivity index (χ0v) is 12.9. The molecule has 0 saturated carbocycles. The van der Waals surface area contributed by atoms with E-state index in [1.165, 1.54) is 0 Å². The maximum absolute atomic E-state index is 12.4. The van der Waals surface area contributed by atoms with Gasteiger partial charge in [-0.15, -0.1) is 0 Å². The van der Waals surface area contributed by atoms with E-state index in [9.17, 15) is 4.79 Å². The SMILES string of the molecule is CC(C)c1cc(C(=O)N2CC[C@H](Oc3ccccc3)C2)no1. The van der Waals surface area contributed by atoms with Crippen LogP contribution in [0.3, 0.4) is 0 Å². The molecule has 0 bridgehead atoms. The Kier molecular flexibility index (Phi) is 4.13. The average molecular weight is 300 g/mol. The lowest BCUT2D eigenvalue weighted by Crippen LogP contribution is -2.31. The molecule has 1 aromatic heterocycles. The number of aromatic nitrogens is 1. The van der Waals surface area contributed by atoms with Gasteiger partial charge in [-0.25, -0.2) is 0 Å². The summed E-state index contributed by atoms with van der Waals surface area (Å²) in [7, 11) is 0. The molecule has 3 rings (SSSR count). The van der Waals surface area contributed by atoms with Crippen molar-refractivity contribution in [2.24, 2.45) is 0 Å². The highest BCUT2D eigenvalue weighted by Gasteiger charge is 2.30. The quantitative estimate of drug-likeness (QED) is 0.870. The van der Waals surface area contributed by atoms with Crippen molar-refractivity contribution in [2.75, 3.05) is 13.1 Å². The lowest BCUT2D eigenvalue weighted by molar-refractivity contribution is 0.0762. The molecule has 1 aromatic carbocycles. The Morgan fingerprint density at radius 1 is 1.36 bits per heavy atom. The molecule has 0 spiro atoms. The molecule has 1 aliphatic heterocycles. The minimum absolute atomic E-state index is 0.0304. The molecule has 1 atom stereocenters. The zero-order chi connectivity index (χ0) is 15.5. The Morgan fingerprint density at radius 3 is 2.82 bits per heavy atom. The monoisotopic (exact) mass is 300 g/mol. The van der Waals surface area contributed by atoms with Crippen LogP contribution < -0.4 is 4.74 Å². The van der Waals surface area contributed by atoms with E-state index in [1.54, 1.807) is 11.0 Å². The lowest BCUT2D eigenvalue weighted by Gasteiger charge is -2.16. The smallest absolute Gasteiger partial charge is 0.276 e. The highest BCUT2D eigenvalue weighted by atomic mass is 16.5. The molecule has 0 N–H and O–H groups in total. The van der Waals surface area contributed by atoms with E-state index < -0.39 is 0 Å². The predicted octanol–water partition coefficient (Wildman–Crippen LogP) is 3.09. The fourth-order valence-electron chi connectivity index (χ4n) is 2.52. The molecule has 2 heterocycles. The highest BCUT2D eigenvalue weighted by Crippen LogP contribution is 2.21. The Morgan fingerprint density at radius 2 is 2.14 bits per heavy atom. The molecule has 22 heavy (non-hydrogen) atoms. The summed E-state index contributed by atoms with van der Waals surface area (Å²) in [5, 5.41) is 3.88. The van der Waals surface area contributed by atoms with Gasteiger partial charge in [-0.1, -0.05) is 37.2 Å². The number of carbonyl (C=O) groups is 1. The molecule has 0 aliphatic carbocycles. The van der Waals surface area contributed by atoms with Gasteiger partial charge in [0.25, 0.3) is 5.91 Å². The summed E-state index contributed by atoms with van der Waals surface area (Å²) >= 11 is 0. The molecule has 0 unspecified atom stereocenters. The molecule has 1 saturated heterocycles. The summed E-state index contributed by atoms with van der Waals surface area (Å²) in [5.74, 6) is 1.71. The van der Waals surface area contributed by atoms with Crippen LogP contribution in [0.25, 0.3) is 0 Å². The highest BCUT2D eigenvalue weighted by molar-refractivity contribution is 5.92. The zero-order valence-electron chi connectivity index (χ0n) is 12.9. The van der Waals surface area contributed by atoms with Crippen LogP contribution in [0.1, 0.15) is 42.4 Å². The molecule has 0 radical (unpaired) electrons. The van der Waals surface area contributed by atoms with Crippen LogP contribution in [0, 0.1) is 0 Å². The van der Waals surface area contributed by atoms with Gasteiger partial charge in [0.2, 0.25) is 0 Å². The van der Waals surface area contributed by atoms with Crippen LogP contribution >= 0.6 is 0 Å². The summed E-state index contributed by atoms with van der Waals surface area (Å²) in [5.41, 5.74) is 0.379. The summed E-state index contributed by atoms with van der Waals surface area (Å²) in [4.78, 5) is 14.2. The van der Waals surface area contributed by atoms with Crippen molar-refractivity contribution in [3.8, 4) is 5.75 Å². The van der Waals surface area contributed by atoms with E-state index >= 15 is 0 Å². The number of ether oxygens (including phenoxy) is 1. The Bertz CT molecular complexity index is 636. The first-order valence-electron chi connectivity index (χ1n) is 7.61. The minimum Gasteiger partial charge on any atom is -0.489 e. The van der Waals surface area contributed by atoms with Crippen LogP contribution in [0.4, 0.5) is 0 Å². The summed E-state index contributed by atoms with van der Waals surface area (Å²) in [6.07, 6.45) is 0.859. The first kappa shape index (κ1) is 14.6. The molecule has 2 aromatic rings. The van der Waals surface area contributed by atoms with E-state index in [2.05, 4.69) is 5.16 Å². The van der Waals surface area contributed by atoms with Crippen molar-refractivity contribution in [2.45, 2.75) is 32.3 Å². The predicted molar refractivity (Wildman–Crippen MR) is 82.0 cm³/mol. The van der Waals surface area contributed by atoms with Crippen molar-refractivity contribution in [3.63, 3.8) is 0 Å². The molecule has 1 aliphatic rings. The fraction of sp³-hybridized carbons (Fsp3) is 0.412. The standard InChI is InChI=1S/C17H20N2O3/c1-12(2)16-10-15(18-22-16)17(20)19-9-8-14(11-19)21-13-6-4-3-5-7-13/h3-7,10,12,14H,8-9,11H2,1-2H3/t14-/m0/s1. The van der Waals surface area contributed by atoms with Crippen LogP contribution in [0.2, 0.25) is 0 Å². The van der Waals surface area contributed by atoms with Gasteiger partial charge < -0.3 is 14.2 Å². The fourth-order valence-corrected chi connectivity index (χ4v) is 2.52. The van der Waals surface area contributed by atoms with Gasteiger partial charge in [0.05, 0.1) is 6.54 Å². The molecule has 5 nitrogen and oxygen atoms in total. The number of carbonyl (C=O) groups excluding carboxylic acids is 1. The number of nitrogens with zero attached hydrogens (tertiary/aromatic N) is 2. The van der Waals surface area contributed by atoms with Crippen LogP contribution in [0.15, 0.2) is 40.9 Å². The Labute approximate surface area is 129 Å². The first-order chi connectivity index (χ1) is 10.6. The molecule has 5 heteroatoms. The Hall–Kier alpha value is -2.30. The number of hydrogen-bond donors (Lipinski definition) is 0. The second-order valence-electron chi connectivity index (χ2n) is 5.86. The first-order valence-corrected chi connectivity index (χ1v) is 7.61. The van der Waals surface area contributed by atoms with E-state index in [4.69, 9.17) is 9.26 Å². The van der Waals surface area contributed by atoms with Gasteiger partial charge in [0, 0.05) is 24.9 Å². The molecule has 1 amide bonds. The van der Waals surface area contributed by atoms with E-state index in [-0.39, 0.29) is 17.9 Å². The van der Waals surface area contributed by atoms with Gasteiger partial charge >= 0.3 is 0 Å². The second kappa shape index (κ2) is 6.22. The van der Waals surface area contributed by atoms with Crippen molar-refractivity contribution in [1.29, 1.82) is 0 Å². The summed E-state index contributed by atoms with van der Waals surface area (Å²) in [6, 6.07) is 11.4. The molecular formula is C17H20N2O3. The van der Waals surface area contributed by atoms with Crippen LogP contribution in [-0.2, 0) is 0 Å². The second-order valence-corrected chi connectivity index (χ2v) is 5.86. The van der Waals surface area contributed by atoms with Gasteiger partial charge in [-0.3, -0.25) is 4.79 Å². The molecular weight excluding hydrogens is 280 g/mol. The van der Waals surface area contributed by atoms with Gasteiger partial charge in [-0.05, 0) is 12.1 Å². The average Bonchev–Trinajstić information content (AvgIpc) is 3.17. The van der Waals surface area contributed by atoms with Crippen LogP contribution in [0.5, 0.6) is 5.75 Å². The number of benzene rings is 1. The number of likely N-dealkylation sites (tertiary alicyclic amines) is 1. The third-order valence-electron chi connectivity index (χ3n) is 3.79. The van der Waals surface area contributed by atoms with Gasteiger partial charge in [-0.2, -0.15) is 0 Å². The number of rotatable bonds is 4. The van der Waals surface area contributed by atoms with Crippen molar-refractivity contribution in [1.82, 2.24) is 10.1 Å². The molecule has 1 fully saturated rings. The van der Waals surface area contributed by atoms with E-state index in [1.807, 2.05) is 44.2 Å². The van der Waals surface area contributed by atoms with Gasteiger partial charge in [0.1, 0.15) is 17.6 Å².